The molecule has 0 N–H and O–H groups in total. The summed E-state index contributed by atoms with van der Waals surface area (Å²) in [6.45, 7) is 6.48. The lowest BCUT2D eigenvalue weighted by Gasteiger charge is -2.18. The van der Waals surface area contributed by atoms with Crippen LogP contribution in [0.1, 0.15) is 355 Å². The van der Waals surface area contributed by atoms with E-state index in [2.05, 4.69) is 93.7 Å². The van der Waals surface area contributed by atoms with E-state index in [4.69, 9.17) is 14.2 Å². The lowest BCUT2D eigenvalue weighted by atomic mass is 10.0. The SMILES string of the molecule is CC/C=C\C/C=C\C/C=C\C/C=C\C/C=C\CC(=O)OCC(COC(=O)CCCCCCCCCCCCCCCCCCCCCCCCCCC)OC(=O)CCCCCCCCCCCCC/C=C\C/C=C\CCCCCCC. The predicted molar refractivity (Wildman–Crippen MR) is 353 cm³/mol. The second kappa shape index (κ2) is 69.1. The van der Waals surface area contributed by atoms with E-state index in [0.29, 0.717) is 12.8 Å². The number of carbonyl (C=O) groups is 3. The minimum Gasteiger partial charge on any atom is -0.462 e. The van der Waals surface area contributed by atoms with Crippen LogP contribution in [-0.4, -0.2) is 37.2 Å². The van der Waals surface area contributed by atoms with Crippen molar-refractivity contribution in [1.29, 1.82) is 0 Å². The Kier molecular flexibility index (Phi) is 66.2. The highest BCUT2D eigenvalue weighted by molar-refractivity contribution is 5.72. The fraction of sp³-hybridized carbons (Fsp3) is 0.773. The Morgan fingerprint density at radius 1 is 0.272 bits per heavy atom. The largest absolute Gasteiger partial charge is 0.462 e. The molecule has 81 heavy (non-hydrogen) atoms. The van der Waals surface area contributed by atoms with E-state index >= 15 is 0 Å². The van der Waals surface area contributed by atoms with Gasteiger partial charge in [0.15, 0.2) is 6.10 Å². The van der Waals surface area contributed by atoms with Crippen molar-refractivity contribution < 1.29 is 28.6 Å². The molecule has 0 spiro atoms. The summed E-state index contributed by atoms with van der Waals surface area (Å²) in [7, 11) is 0. The van der Waals surface area contributed by atoms with Gasteiger partial charge in [-0.15, -0.1) is 0 Å². The van der Waals surface area contributed by atoms with Crippen LogP contribution in [0.4, 0.5) is 0 Å². The van der Waals surface area contributed by atoms with Crippen molar-refractivity contribution in [3.63, 3.8) is 0 Å². The summed E-state index contributed by atoms with van der Waals surface area (Å²) in [5.74, 6) is -1.02. The zero-order valence-electron chi connectivity index (χ0n) is 53.8. The van der Waals surface area contributed by atoms with E-state index in [-0.39, 0.29) is 31.6 Å². The smallest absolute Gasteiger partial charge is 0.309 e. The van der Waals surface area contributed by atoms with Crippen LogP contribution in [0.15, 0.2) is 85.1 Å². The van der Waals surface area contributed by atoms with Gasteiger partial charge in [0.05, 0.1) is 6.42 Å². The number of ether oxygens (including phenoxy) is 3. The standard InChI is InChI=1S/C75H132O6/c1-4-7-10-13-16-19-22-25-28-30-32-34-36-37-39-40-42-44-47-50-53-56-59-62-65-68-74(77)80-71-72(70-79-73(76)67-64-61-58-55-52-49-46-27-24-21-18-15-12-9-6-3)81-75(78)69-66-63-60-57-54-51-48-45-43-41-38-35-33-31-29-26-23-20-17-14-11-8-5-2/h9,12,18,21,23,26-27,31,33,46,52,55,61,64,72H,4-8,10-11,13-17,19-20,22,24-25,28-30,32,34-45,47-51,53-54,56-60,62-63,65-71H2,1-3H3/b12-9-,21-18-,26-23-,33-31-,46-27-,55-52-,64-61-. The first kappa shape index (κ1) is 77.6. The highest BCUT2D eigenvalue weighted by atomic mass is 16.6. The number of hydrogen-bond donors (Lipinski definition) is 0. The summed E-state index contributed by atoms with van der Waals surface area (Å²) < 4.78 is 16.9. The van der Waals surface area contributed by atoms with Crippen molar-refractivity contribution in [3.8, 4) is 0 Å². The fourth-order valence-corrected chi connectivity index (χ4v) is 10.2. The van der Waals surface area contributed by atoms with Gasteiger partial charge in [0.25, 0.3) is 0 Å². The first-order valence-electron chi connectivity index (χ1n) is 35.1. The van der Waals surface area contributed by atoms with Crippen LogP contribution < -0.4 is 0 Å². The van der Waals surface area contributed by atoms with Crippen LogP contribution in [-0.2, 0) is 28.6 Å². The van der Waals surface area contributed by atoms with Crippen molar-refractivity contribution in [1.82, 2.24) is 0 Å². The predicted octanol–water partition coefficient (Wildman–Crippen LogP) is 24.2. The number of allylic oxidation sites excluding steroid dienone is 13. The van der Waals surface area contributed by atoms with Gasteiger partial charge < -0.3 is 14.2 Å². The summed E-state index contributed by atoms with van der Waals surface area (Å²) in [6.07, 6.45) is 92.1. The van der Waals surface area contributed by atoms with Crippen LogP contribution >= 0.6 is 0 Å². The van der Waals surface area contributed by atoms with Crippen LogP contribution in [0.3, 0.4) is 0 Å². The quantitative estimate of drug-likeness (QED) is 0.0261. The molecule has 6 nitrogen and oxygen atoms in total. The van der Waals surface area contributed by atoms with Crippen molar-refractivity contribution in [3.05, 3.63) is 85.1 Å². The van der Waals surface area contributed by atoms with Gasteiger partial charge in [-0.3, -0.25) is 14.4 Å². The normalized spacial score (nSPS) is 12.6. The summed E-state index contributed by atoms with van der Waals surface area (Å²) in [5, 5.41) is 0. The van der Waals surface area contributed by atoms with E-state index in [1.54, 1.807) is 0 Å². The highest BCUT2D eigenvalue weighted by Gasteiger charge is 2.19. The zero-order chi connectivity index (χ0) is 58.5. The Morgan fingerprint density at radius 3 is 0.864 bits per heavy atom. The third kappa shape index (κ3) is 67.3. The van der Waals surface area contributed by atoms with Gasteiger partial charge >= 0.3 is 17.9 Å². The number of hydrogen-bond acceptors (Lipinski definition) is 6. The number of unbranched alkanes of at least 4 members (excludes halogenated alkanes) is 40. The van der Waals surface area contributed by atoms with Crippen molar-refractivity contribution >= 4 is 17.9 Å². The monoisotopic (exact) mass is 1130 g/mol. The number of rotatable bonds is 64. The molecule has 0 aliphatic rings. The molecule has 0 heterocycles. The Morgan fingerprint density at radius 2 is 0.531 bits per heavy atom. The highest BCUT2D eigenvalue weighted by Crippen LogP contribution is 2.18. The molecule has 0 amide bonds. The lowest BCUT2D eigenvalue weighted by molar-refractivity contribution is -0.166. The summed E-state index contributed by atoms with van der Waals surface area (Å²) in [5.41, 5.74) is 0. The molecule has 0 saturated heterocycles. The molecule has 0 bridgehead atoms. The van der Waals surface area contributed by atoms with Crippen LogP contribution in [0, 0.1) is 0 Å². The molecule has 0 aromatic heterocycles. The molecule has 0 aromatic carbocycles. The van der Waals surface area contributed by atoms with Gasteiger partial charge in [0, 0.05) is 12.8 Å². The second-order valence-corrected chi connectivity index (χ2v) is 23.4. The molecule has 0 rings (SSSR count). The fourth-order valence-electron chi connectivity index (χ4n) is 10.2. The first-order chi connectivity index (χ1) is 40.0. The zero-order valence-corrected chi connectivity index (χ0v) is 53.8. The Hall–Kier alpha value is -3.41. The van der Waals surface area contributed by atoms with E-state index in [1.807, 2.05) is 12.2 Å². The maximum Gasteiger partial charge on any atom is 0.309 e. The topological polar surface area (TPSA) is 78.9 Å². The summed E-state index contributed by atoms with van der Waals surface area (Å²) >= 11 is 0. The van der Waals surface area contributed by atoms with E-state index in [9.17, 15) is 14.4 Å². The molecule has 0 aliphatic carbocycles. The van der Waals surface area contributed by atoms with Gasteiger partial charge in [-0.1, -0.05) is 343 Å². The molecule has 0 radical (unpaired) electrons. The van der Waals surface area contributed by atoms with Crippen LogP contribution in [0.25, 0.3) is 0 Å². The van der Waals surface area contributed by atoms with Gasteiger partial charge in [0.2, 0.25) is 0 Å². The van der Waals surface area contributed by atoms with Gasteiger partial charge in [-0.25, -0.2) is 0 Å². The summed E-state index contributed by atoms with van der Waals surface area (Å²) in [4.78, 5) is 38.4. The van der Waals surface area contributed by atoms with Gasteiger partial charge in [0.1, 0.15) is 13.2 Å². The third-order valence-electron chi connectivity index (χ3n) is 15.4. The molecule has 6 heteroatoms. The van der Waals surface area contributed by atoms with Crippen molar-refractivity contribution in [2.24, 2.45) is 0 Å². The number of carbonyl (C=O) groups excluding carboxylic acids is 3. The second-order valence-electron chi connectivity index (χ2n) is 23.4. The molecular weight excluding hydrogens is 997 g/mol. The third-order valence-corrected chi connectivity index (χ3v) is 15.4. The van der Waals surface area contributed by atoms with E-state index in [1.165, 1.54) is 238 Å². The van der Waals surface area contributed by atoms with E-state index < -0.39 is 12.1 Å². The number of esters is 3. The Balaban J connectivity index is 4.34. The first-order valence-corrected chi connectivity index (χ1v) is 35.1. The van der Waals surface area contributed by atoms with E-state index in [0.717, 1.165) is 77.0 Å². The molecule has 468 valence electrons. The molecule has 0 fully saturated rings. The summed E-state index contributed by atoms with van der Waals surface area (Å²) in [6, 6.07) is 0. The maximum absolute atomic E-state index is 12.9. The Labute approximate surface area is 503 Å². The molecular formula is C75H132O6. The van der Waals surface area contributed by atoms with Crippen LogP contribution in [0.2, 0.25) is 0 Å². The molecule has 1 unspecified atom stereocenters. The molecule has 1 atom stereocenters. The molecule has 0 aliphatic heterocycles. The lowest BCUT2D eigenvalue weighted by Crippen LogP contribution is -2.30. The minimum atomic E-state index is -0.818. The van der Waals surface area contributed by atoms with Gasteiger partial charge in [-0.2, -0.15) is 0 Å². The average molecular weight is 1130 g/mol. The molecule has 0 aromatic rings. The minimum absolute atomic E-state index is 0.104. The molecule has 0 saturated carbocycles. The average Bonchev–Trinajstić information content (AvgIpc) is 3.47. The maximum atomic E-state index is 12.9. The van der Waals surface area contributed by atoms with Crippen LogP contribution in [0.5, 0.6) is 0 Å². The Bertz CT molecular complexity index is 1530. The van der Waals surface area contributed by atoms with Gasteiger partial charge in [-0.05, 0) is 77.0 Å². The van der Waals surface area contributed by atoms with Crippen molar-refractivity contribution in [2.45, 2.75) is 361 Å². The van der Waals surface area contributed by atoms with Crippen molar-refractivity contribution in [2.75, 3.05) is 13.2 Å².